The maximum absolute atomic E-state index is 14.1. The average Bonchev–Trinajstić information content (AvgIpc) is 3.21. The van der Waals surface area contributed by atoms with Gasteiger partial charge in [-0.1, -0.05) is 42.5 Å². The number of benzene rings is 3. The molecular formula is C25H20F4O2. The lowest BCUT2D eigenvalue weighted by molar-refractivity contribution is -0.0704. The first-order valence-electron chi connectivity index (χ1n) is 9.92. The minimum absolute atomic E-state index is 0.0223. The van der Waals surface area contributed by atoms with Gasteiger partial charge in [0.15, 0.2) is 11.6 Å². The van der Waals surface area contributed by atoms with E-state index >= 15 is 0 Å². The van der Waals surface area contributed by atoms with Crippen LogP contribution in [-0.2, 0) is 24.2 Å². The number of aryl methyl sites for hydroxylation is 2. The van der Waals surface area contributed by atoms with Crippen LogP contribution in [0.1, 0.15) is 28.7 Å². The highest BCUT2D eigenvalue weighted by Crippen LogP contribution is 2.36. The van der Waals surface area contributed by atoms with Crippen LogP contribution in [0.2, 0.25) is 0 Å². The molecule has 1 aliphatic rings. The molecule has 0 unspecified atom stereocenters. The predicted molar refractivity (Wildman–Crippen MR) is 110 cm³/mol. The summed E-state index contributed by atoms with van der Waals surface area (Å²) < 4.78 is 65.7. The zero-order chi connectivity index (χ0) is 21.8. The fourth-order valence-corrected chi connectivity index (χ4v) is 3.59. The molecule has 2 nitrogen and oxygen atoms in total. The summed E-state index contributed by atoms with van der Waals surface area (Å²) >= 11 is 0. The van der Waals surface area contributed by atoms with Crippen molar-refractivity contribution < 1.29 is 27.0 Å². The summed E-state index contributed by atoms with van der Waals surface area (Å²) in [5.41, 5.74) is 1.78. The van der Waals surface area contributed by atoms with Gasteiger partial charge in [0.1, 0.15) is 12.4 Å². The van der Waals surface area contributed by atoms with E-state index in [-0.39, 0.29) is 17.9 Å². The van der Waals surface area contributed by atoms with Crippen molar-refractivity contribution >= 4 is 5.57 Å². The van der Waals surface area contributed by atoms with Gasteiger partial charge in [-0.05, 0) is 65.8 Å². The van der Waals surface area contributed by atoms with Gasteiger partial charge in [0, 0.05) is 0 Å². The predicted octanol–water partition coefficient (Wildman–Crippen LogP) is 7.23. The molecule has 0 amide bonds. The number of para-hydroxylation sites is 1. The molecule has 0 fully saturated rings. The second kappa shape index (κ2) is 8.84. The zero-order valence-electron chi connectivity index (χ0n) is 16.6. The third-order valence-corrected chi connectivity index (χ3v) is 5.13. The monoisotopic (exact) mass is 428 g/mol. The Labute approximate surface area is 177 Å². The van der Waals surface area contributed by atoms with Gasteiger partial charge in [0.25, 0.3) is 0 Å². The van der Waals surface area contributed by atoms with Gasteiger partial charge in [-0.15, -0.1) is 0 Å². The number of ether oxygens (including phenoxy) is 2. The van der Waals surface area contributed by atoms with Gasteiger partial charge in [-0.2, -0.15) is 13.2 Å². The minimum atomic E-state index is -4.56. The number of rotatable bonds is 6. The first kappa shape index (κ1) is 21.0. The largest absolute Gasteiger partial charge is 0.496 e. The number of halogens is 4. The van der Waals surface area contributed by atoms with Crippen molar-refractivity contribution in [2.75, 3.05) is 0 Å². The molecule has 0 saturated heterocycles. The Morgan fingerprint density at radius 1 is 0.903 bits per heavy atom. The fraction of sp³-hybridized carbons (Fsp3) is 0.200. The molecule has 3 aromatic rings. The van der Waals surface area contributed by atoms with Crippen LogP contribution in [0.4, 0.5) is 17.6 Å². The molecule has 0 aromatic heterocycles. The summed E-state index contributed by atoms with van der Waals surface area (Å²) in [5, 5.41) is 0. The zero-order valence-corrected chi connectivity index (χ0v) is 16.6. The molecule has 31 heavy (non-hydrogen) atoms. The summed E-state index contributed by atoms with van der Waals surface area (Å²) in [6, 6.07) is 17.6. The summed E-state index contributed by atoms with van der Waals surface area (Å²) in [4.78, 5) is 0. The SMILES string of the molecule is Fc1ccc(CO/C=C(/c2ccc3c(c2)CCC3)C(F)(F)F)cc1Oc1ccccc1. The van der Waals surface area contributed by atoms with Crippen molar-refractivity contribution in [1.82, 2.24) is 0 Å². The minimum Gasteiger partial charge on any atom is -0.496 e. The molecule has 4 rings (SSSR count). The van der Waals surface area contributed by atoms with Crippen LogP contribution in [0, 0.1) is 5.82 Å². The summed E-state index contributed by atoms with van der Waals surface area (Å²) in [6.45, 7) is -0.157. The molecule has 6 heteroatoms. The standard InChI is InChI=1S/C25H20F4O2/c26-23-12-9-17(13-24(23)31-21-7-2-1-3-8-21)15-30-16-22(25(27,28)29)20-11-10-18-5-4-6-19(18)14-20/h1-3,7-14,16H,4-6,15H2/b22-16-. The second-order valence-electron chi connectivity index (χ2n) is 7.36. The molecule has 0 aliphatic heterocycles. The second-order valence-corrected chi connectivity index (χ2v) is 7.36. The van der Waals surface area contributed by atoms with Crippen LogP contribution in [0.3, 0.4) is 0 Å². The van der Waals surface area contributed by atoms with Gasteiger partial charge in [-0.3, -0.25) is 0 Å². The van der Waals surface area contributed by atoms with Crippen molar-refractivity contribution in [3.63, 3.8) is 0 Å². The highest BCUT2D eigenvalue weighted by molar-refractivity contribution is 5.69. The quantitative estimate of drug-likeness (QED) is 0.305. The first-order valence-corrected chi connectivity index (χ1v) is 9.92. The van der Waals surface area contributed by atoms with E-state index in [9.17, 15) is 17.6 Å². The van der Waals surface area contributed by atoms with Crippen LogP contribution in [0.5, 0.6) is 11.5 Å². The van der Waals surface area contributed by atoms with Crippen molar-refractivity contribution in [2.24, 2.45) is 0 Å². The number of fused-ring (bicyclic) bond motifs is 1. The van der Waals surface area contributed by atoms with E-state index in [0.717, 1.165) is 36.7 Å². The highest BCUT2D eigenvalue weighted by atomic mass is 19.4. The molecule has 0 radical (unpaired) electrons. The Morgan fingerprint density at radius 2 is 1.68 bits per heavy atom. The van der Waals surface area contributed by atoms with Gasteiger partial charge in [0.2, 0.25) is 0 Å². The Morgan fingerprint density at radius 3 is 2.45 bits per heavy atom. The van der Waals surface area contributed by atoms with Crippen molar-refractivity contribution in [2.45, 2.75) is 32.0 Å². The Bertz CT molecular complexity index is 1090. The van der Waals surface area contributed by atoms with Gasteiger partial charge in [0.05, 0.1) is 11.8 Å². The smallest absolute Gasteiger partial charge is 0.419 e. The van der Waals surface area contributed by atoms with E-state index < -0.39 is 17.6 Å². The molecule has 0 bridgehead atoms. The van der Waals surface area contributed by atoms with E-state index in [4.69, 9.17) is 9.47 Å². The third-order valence-electron chi connectivity index (χ3n) is 5.13. The molecule has 0 spiro atoms. The molecule has 1 aliphatic carbocycles. The normalized spacial score (nSPS) is 13.7. The number of allylic oxidation sites excluding steroid dienone is 1. The van der Waals surface area contributed by atoms with E-state index in [2.05, 4.69) is 0 Å². The third kappa shape index (κ3) is 5.08. The lowest BCUT2D eigenvalue weighted by atomic mass is 10.0. The topological polar surface area (TPSA) is 18.5 Å². The average molecular weight is 428 g/mol. The lowest BCUT2D eigenvalue weighted by Gasteiger charge is -2.14. The van der Waals surface area contributed by atoms with Crippen LogP contribution >= 0.6 is 0 Å². The van der Waals surface area contributed by atoms with Gasteiger partial charge in [-0.25, -0.2) is 4.39 Å². The molecule has 0 atom stereocenters. The lowest BCUT2D eigenvalue weighted by Crippen LogP contribution is -2.11. The number of hydrogen-bond donors (Lipinski definition) is 0. The Balaban J connectivity index is 1.51. The number of hydrogen-bond acceptors (Lipinski definition) is 2. The van der Waals surface area contributed by atoms with E-state index in [1.54, 1.807) is 42.5 Å². The molecule has 0 N–H and O–H groups in total. The van der Waals surface area contributed by atoms with E-state index in [0.29, 0.717) is 11.3 Å². The fourth-order valence-electron chi connectivity index (χ4n) is 3.59. The maximum atomic E-state index is 14.1. The summed E-state index contributed by atoms with van der Waals surface area (Å²) in [5.74, 6) is -0.140. The molecule has 3 aromatic carbocycles. The highest BCUT2D eigenvalue weighted by Gasteiger charge is 2.35. The maximum Gasteiger partial charge on any atom is 0.419 e. The van der Waals surface area contributed by atoms with Crippen LogP contribution in [-0.4, -0.2) is 6.18 Å². The van der Waals surface area contributed by atoms with Gasteiger partial charge < -0.3 is 9.47 Å². The van der Waals surface area contributed by atoms with E-state index in [1.165, 1.54) is 24.3 Å². The summed E-state index contributed by atoms with van der Waals surface area (Å²) in [7, 11) is 0. The van der Waals surface area contributed by atoms with Crippen LogP contribution in [0.15, 0.2) is 73.0 Å². The van der Waals surface area contributed by atoms with Crippen molar-refractivity contribution in [3.05, 3.63) is 101 Å². The molecule has 0 heterocycles. The molecular weight excluding hydrogens is 408 g/mol. The Hall–Kier alpha value is -3.28. The van der Waals surface area contributed by atoms with E-state index in [1.807, 2.05) is 0 Å². The summed E-state index contributed by atoms with van der Waals surface area (Å²) in [6.07, 6.45) is -1.18. The molecule has 160 valence electrons. The van der Waals surface area contributed by atoms with Crippen molar-refractivity contribution in [1.29, 1.82) is 0 Å². The first-order chi connectivity index (χ1) is 14.9. The number of alkyl halides is 3. The van der Waals surface area contributed by atoms with Crippen LogP contribution < -0.4 is 4.74 Å². The van der Waals surface area contributed by atoms with Crippen LogP contribution in [0.25, 0.3) is 5.57 Å². The van der Waals surface area contributed by atoms with Gasteiger partial charge >= 0.3 is 6.18 Å². The molecule has 0 saturated carbocycles. The Kier molecular flexibility index (Phi) is 5.98. The van der Waals surface area contributed by atoms with Crippen molar-refractivity contribution in [3.8, 4) is 11.5 Å².